The van der Waals surface area contributed by atoms with Crippen molar-refractivity contribution in [3.63, 3.8) is 0 Å². The highest BCUT2D eigenvalue weighted by atomic mass is 16.6. The molecule has 1 N–H and O–H groups in total. The summed E-state index contributed by atoms with van der Waals surface area (Å²) >= 11 is 0. The van der Waals surface area contributed by atoms with Gasteiger partial charge >= 0.3 is 0 Å². The van der Waals surface area contributed by atoms with Crippen molar-refractivity contribution in [3.05, 3.63) is 64.2 Å². The zero-order valence-corrected chi connectivity index (χ0v) is 12.8. The Balaban J connectivity index is 1.94. The number of hydrogen-bond acceptors (Lipinski definition) is 4. The quantitative estimate of drug-likeness (QED) is 0.625. The largest absolute Gasteiger partial charge is 0.494 e. The molecule has 0 aliphatic rings. The Morgan fingerprint density at radius 3 is 2.61 bits per heavy atom. The molecular weight excluding hydrogens is 296 g/mol. The lowest BCUT2D eigenvalue weighted by Crippen LogP contribution is -2.14. The number of nitrogens with zero attached hydrogens (tertiary/aromatic N) is 1. The number of non-ortho nitro benzene ring substituents is 1. The van der Waals surface area contributed by atoms with E-state index in [4.69, 9.17) is 4.74 Å². The molecule has 0 saturated carbocycles. The van der Waals surface area contributed by atoms with Gasteiger partial charge in [-0.1, -0.05) is 25.1 Å². The predicted octanol–water partition coefficient (Wildman–Crippen LogP) is 3.56. The number of anilines is 1. The molecule has 2 rings (SSSR count). The van der Waals surface area contributed by atoms with E-state index in [1.54, 1.807) is 6.07 Å². The van der Waals surface area contributed by atoms with E-state index in [1.165, 1.54) is 18.2 Å². The number of nitro benzene ring substituents is 1. The molecule has 0 aliphatic carbocycles. The number of rotatable bonds is 7. The summed E-state index contributed by atoms with van der Waals surface area (Å²) < 4.78 is 5.48. The molecule has 0 saturated heterocycles. The maximum absolute atomic E-state index is 12.0. The summed E-state index contributed by atoms with van der Waals surface area (Å²) in [7, 11) is 0. The zero-order valence-electron chi connectivity index (χ0n) is 12.8. The van der Waals surface area contributed by atoms with E-state index in [0.29, 0.717) is 12.3 Å². The second kappa shape index (κ2) is 7.93. The van der Waals surface area contributed by atoms with Gasteiger partial charge in [-0.25, -0.2) is 0 Å². The number of ether oxygens (including phenoxy) is 1. The van der Waals surface area contributed by atoms with Gasteiger partial charge in [0.25, 0.3) is 5.69 Å². The Bertz CT molecular complexity index is 683. The van der Waals surface area contributed by atoms with Crippen LogP contribution < -0.4 is 10.1 Å². The number of carbonyl (C=O) groups is 1. The average molecular weight is 314 g/mol. The molecule has 0 aromatic heterocycles. The lowest BCUT2D eigenvalue weighted by atomic mass is 10.1. The van der Waals surface area contributed by atoms with Crippen molar-refractivity contribution in [2.45, 2.75) is 19.8 Å². The first-order valence-electron chi connectivity index (χ1n) is 7.34. The average Bonchev–Trinajstić information content (AvgIpc) is 2.54. The molecule has 0 atom stereocenters. The van der Waals surface area contributed by atoms with E-state index in [0.717, 1.165) is 17.7 Å². The SMILES string of the molecule is CCCOc1ccc(CC(=O)Nc2cccc([N+](=O)[O-])c2)cc1. The third kappa shape index (κ3) is 5.10. The van der Waals surface area contributed by atoms with E-state index in [-0.39, 0.29) is 18.0 Å². The van der Waals surface area contributed by atoms with Crippen molar-refractivity contribution in [1.29, 1.82) is 0 Å². The first kappa shape index (κ1) is 16.5. The standard InChI is InChI=1S/C17H18N2O4/c1-2-10-23-16-8-6-13(7-9-16)11-17(20)18-14-4-3-5-15(12-14)19(21)22/h3-9,12H,2,10-11H2,1H3,(H,18,20). The van der Waals surface area contributed by atoms with Crippen LogP contribution in [0.4, 0.5) is 11.4 Å². The van der Waals surface area contributed by atoms with E-state index in [2.05, 4.69) is 5.32 Å². The van der Waals surface area contributed by atoms with Crippen LogP contribution in [-0.2, 0) is 11.2 Å². The van der Waals surface area contributed by atoms with Crippen LogP contribution in [0.3, 0.4) is 0 Å². The van der Waals surface area contributed by atoms with E-state index < -0.39 is 4.92 Å². The Morgan fingerprint density at radius 2 is 1.96 bits per heavy atom. The van der Waals surface area contributed by atoms with Crippen molar-refractivity contribution in [2.24, 2.45) is 0 Å². The van der Waals surface area contributed by atoms with Gasteiger partial charge in [0, 0.05) is 17.8 Å². The van der Waals surface area contributed by atoms with Crippen LogP contribution in [-0.4, -0.2) is 17.4 Å². The highest BCUT2D eigenvalue weighted by Crippen LogP contribution is 2.18. The number of amides is 1. The summed E-state index contributed by atoms with van der Waals surface area (Å²) in [6, 6.07) is 13.2. The van der Waals surface area contributed by atoms with Crippen molar-refractivity contribution in [2.75, 3.05) is 11.9 Å². The molecule has 0 spiro atoms. The van der Waals surface area contributed by atoms with Gasteiger partial charge < -0.3 is 10.1 Å². The van der Waals surface area contributed by atoms with Crippen molar-refractivity contribution in [3.8, 4) is 5.75 Å². The molecule has 2 aromatic carbocycles. The minimum absolute atomic E-state index is 0.0553. The number of nitrogens with one attached hydrogen (secondary N) is 1. The van der Waals surface area contributed by atoms with Crippen LogP contribution in [0.15, 0.2) is 48.5 Å². The summed E-state index contributed by atoms with van der Waals surface area (Å²) in [5.41, 5.74) is 1.20. The third-order valence-electron chi connectivity index (χ3n) is 3.10. The molecule has 2 aromatic rings. The van der Waals surface area contributed by atoms with E-state index in [1.807, 2.05) is 31.2 Å². The maximum Gasteiger partial charge on any atom is 0.271 e. The molecule has 0 fully saturated rings. The molecular formula is C17H18N2O4. The maximum atomic E-state index is 12.0. The number of benzene rings is 2. The Kier molecular flexibility index (Phi) is 5.68. The van der Waals surface area contributed by atoms with Gasteiger partial charge in [0.15, 0.2) is 0 Å². The molecule has 0 unspecified atom stereocenters. The van der Waals surface area contributed by atoms with Gasteiger partial charge in [-0.05, 0) is 30.2 Å². The molecule has 6 heteroatoms. The number of hydrogen-bond donors (Lipinski definition) is 1. The molecule has 0 heterocycles. The van der Waals surface area contributed by atoms with Crippen molar-refractivity contribution in [1.82, 2.24) is 0 Å². The van der Waals surface area contributed by atoms with Crippen molar-refractivity contribution < 1.29 is 14.5 Å². The lowest BCUT2D eigenvalue weighted by molar-refractivity contribution is -0.384. The van der Waals surface area contributed by atoms with Crippen LogP contribution in [0.25, 0.3) is 0 Å². The van der Waals surface area contributed by atoms with Crippen LogP contribution in [0.5, 0.6) is 5.75 Å². The van der Waals surface area contributed by atoms with Crippen LogP contribution in [0.2, 0.25) is 0 Å². The van der Waals surface area contributed by atoms with Gasteiger partial charge in [0.2, 0.25) is 5.91 Å². The third-order valence-corrected chi connectivity index (χ3v) is 3.10. The Labute approximate surface area is 134 Å². The van der Waals surface area contributed by atoms with Crippen LogP contribution in [0, 0.1) is 10.1 Å². The lowest BCUT2D eigenvalue weighted by Gasteiger charge is -2.07. The summed E-state index contributed by atoms with van der Waals surface area (Å²) in [5, 5.41) is 13.4. The van der Waals surface area contributed by atoms with Crippen LogP contribution >= 0.6 is 0 Å². The Morgan fingerprint density at radius 1 is 1.22 bits per heavy atom. The highest BCUT2D eigenvalue weighted by molar-refractivity contribution is 5.92. The second-order valence-electron chi connectivity index (χ2n) is 5.02. The monoisotopic (exact) mass is 314 g/mol. The van der Waals surface area contributed by atoms with E-state index in [9.17, 15) is 14.9 Å². The molecule has 23 heavy (non-hydrogen) atoms. The fourth-order valence-electron chi connectivity index (χ4n) is 2.01. The fraction of sp³-hybridized carbons (Fsp3) is 0.235. The topological polar surface area (TPSA) is 81.5 Å². The fourth-order valence-corrected chi connectivity index (χ4v) is 2.01. The molecule has 120 valence electrons. The first-order chi connectivity index (χ1) is 11.1. The van der Waals surface area contributed by atoms with Crippen LogP contribution in [0.1, 0.15) is 18.9 Å². The molecule has 1 amide bonds. The summed E-state index contributed by atoms with van der Waals surface area (Å²) in [5.74, 6) is 0.544. The molecule has 6 nitrogen and oxygen atoms in total. The Hall–Kier alpha value is -2.89. The van der Waals surface area contributed by atoms with Gasteiger partial charge in [-0.3, -0.25) is 14.9 Å². The van der Waals surface area contributed by atoms with Crippen molar-refractivity contribution >= 4 is 17.3 Å². The number of nitro groups is 1. The molecule has 0 radical (unpaired) electrons. The molecule has 0 bridgehead atoms. The summed E-state index contributed by atoms with van der Waals surface area (Å²) in [6.07, 6.45) is 1.13. The van der Waals surface area contributed by atoms with Gasteiger partial charge in [0.1, 0.15) is 5.75 Å². The zero-order chi connectivity index (χ0) is 16.7. The first-order valence-corrected chi connectivity index (χ1v) is 7.34. The minimum atomic E-state index is -0.495. The summed E-state index contributed by atoms with van der Waals surface area (Å²) in [6.45, 7) is 2.69. The van der Waals surface area contributed by atoms with Gasteiger partial charge in [0.05, 0.1) is 18.0 Å². The second-order valence-corrected chi connectivity index (χ2v) is 5.02. The van der Waals surface area contributed by atoms with Gasteiger partial charge in [-0.2, -0.15) is 0 Å². The minimum Gasteiger partial charge on any atom is -0.494 e. The van der Waals surface area contributed by atoms with Gasteiger partial charge in [-0.15, -0.1) is 0 Å². The molecule has 0 aliphatic heterocycles. The normalized spacial score (nSPS) is 10.1. The predicted molar refractivity (Wildman–Crippen MR) is 87.7 cm³/mol. The van der Waals surface area contributed by atoms with E-state index >= 15 is 0 Å². The highest BCUT2D eigenvalue weighted by Gasteiger charge is 2.09. The smallest absolute Gasteiger partial charge is 0.271 e. The summed E-state index contributed by atoms with van der Waals surface area (Å²) in [4.78, 5) is 22.2. The number of carbonyl (C=O) groups excluding carboxylic acids is 1.